The number of aliphatic hydroxyl groups excluding tert-OH is 7. The Kier molecular flexibility index (Phi) is 13.6. The Bertz CT molecular complexity index is 2310. The molecule has 15 atom stereocenters. The maximum atomic E-state index is 14.4. The molecule has 4 heterocycles. The van der Waals surface area contributed by atoms with Crippen LogP contribution in [0, 0.1) is 5.92 Å². The highest BCUT2D eigenvalue weighted by atomic mass is 16.7. The van der Waals surface area contributed by atoms with Gasteiger partial charge in [0, 0.05) is 29.7 Å². The number of ether oxygens (including phenoxy) is 7. The maximum Gasteiger partial charge on any atom is 0.331 e. The van der Waals surface area contributed by atoms with Crippen LogP contribution in [-0.2, 0) is 28.5 Å². The molecule has 0 spiro atoms. The highest BCUT2D eigenvalue weighted by molar-refractivity contribution is 5.88. The van der Waals surface area contributed by atoms with Crippen molar-refractivity contribution < 1.29 is 93.4 Å². The molecule has 3 aliphatic heterocycles. The minimum absolute atomic E-state index is 0.0148. The van der Waals surface area contributed by atoms with E-state index < -0.39 is 127 Å². The molecule has 7 rings (SSSR count). The van der Waals surface area contributed by atoms with Gasteiger partial charge >= 0.3 is 5.97 Å². The van der Waals surface area contributed by atoms with Crippen LogP contribution in [0.25, 0.3) is 28.4 Å². The third-order valence-corrected chi connectivity index (χ3v) is 11.2. The van der Waals surface area contributed by atoms with Crippen LogP contribution in [0.2, 0.25) is 0 Å². The smallest absolute Gasteiger partial charge is 0.331 e. The first-order valence-electron chi connectivity index (χ1n) is 19.9. The molecule has 3 aliphatic rings. The van der Waals surface area contributed by atoms with Gasteiger partial charge in [0.2, 0.25) is 23.8 Å². The second-order valence-electron chi connectivity index (χ2n) is 15.6. The van der Waals surface area contributed by atoms with Crippen molar-refractivity contribution in [3.8, 4) is 40.1 Å². The maximum absolute atomic E-state index is 14.4. The summed E-state index contributed by atoms with van der Waals surface area (Å²) in [7, 11) is 0. The molecule has 20 nitrogen and oxygen atoms in total. The number of fused-ring (bicyclic) bond motifs is 1. The van der Waals surface area contributed by atoms with Crippen LogP contribution >= 0.6 is 0 Å². The summed E-state index contributed by atoms with van der Waals surface area (Å²) in [6, 6.07) is 13.2. The van der Waals surface area contributed by atoms with E-state index >= 15 is 0 Å². The zero-order valence-electron chi connectivity index (χ0n) is 33.9. The number of carbonyl (C=O) groups excluding carboxylic acids is 1. The van der Waals surface area contributed by atoms with Crippen LogP contribution < -0.4 is 14.9 Å². The number of aromatic hydroxyl groups is 3. The molecule has 3 aromatic carbocycles. The third-order valence-electron chi connectivity index (χ3n) is 11.2. The van der Waals surface area contributed by atoms with E-state index in [0.29, 0.717) is 5.56 Å². The largest absolute Gasteiger partial charge is 0.508 e. The van der Waals surface area contributed by atoms with Gasteiger partial charge in [0.1, 0.15) is 70.6 Å². The van der Waals surface area contributed by atoms with E-state index in [1.807, 2.05) is 0 Å². The fraction of sp³-hybridized carbons (Fsp3) is 0.442. The molecule has 340 valence electrons. The molecule has 0 amide bonds. The Morgan fingerprint density at radius 3 is 1.98 bits per heavy atom. The molecule has 10 N–H and O–H groups in total. The molecule has 20 heteroatoms. The van der Waals surface area contributed by atoms with Crippen molar-refractivity contribution in [2.24, 2.45) is 5.92 Å². The average molecular weight is 885 g/mol. The third kappa shape index (κ3) is 9.61. The van der Waals surface area contributed by atoms with Crippen LogP contribution in [0.3, 0.4) is 0 Å². The lowest BCUT2D eigenvalue weighted by atomic mass is 9.92. The van der Waals surface area contributed by atoms with Crippen molar-refractivity contribution >= 4 is 23.0 Å². The summed E-state index contributed by atoms with van der Waals surface area (Å²) < 4.78 is 46.4. The Hall–Kier alpha value is -5.36. The van der Waals surface area contributed by atoms with Crippen molar-refractivity contribution in [2.45, 2.75) is 107 Å². The first-order valence-corrected chi connectivity index (χ1v) is 19.9. The van der Waals surface area contributed by atoms with Gasteiger partial charge in [0.05, 0.1) is 24.9 Å². The van der Waals surface area contributed by atoms with Gasteiger partial charge in [-0.2, -0.15) is 0 Å². The molecular weight excluding hydrogens is 836 g/mol. The molecule has 4 aromatic rings. The van der Waals surface area contributed by atoms with Gasteiger partial charge in [-0.05, 0) is 61.9 Å². The summed E-state index contributed by atoms with van der Waals surface area (Å²) in [5.41, 5.74) is -0.745. The Balaban J connectivity index is 1.23. The predicted molar refractivity (Wildman–Crippen MR) is 214 cm³/mol. The van der Waals surface area contributed by atoms with Crippen LogP contribution in [0.5, 0.6) is 28.7 Å². The van der Waals surface area contributed by atoms with Crippen molar-refractivity contribution in [1.82, 2.24) is 0 Å². The average Bonchev–Trinajstić information content (AvgIpc) is 3.25. The number of hydrogen-bond acceptors (Lipinski definition) is 20. The molecule has 0 radical (unpaired) electrons. The van der Waals surface area contributed by atoms with Gasteiger partial charge in [0.25, 0.3) is 0 Å². The molecule has 3 saturated heterocycles. The van der Waals surface area contributed by atoms with Gasteiger partial charge in [-0.15, -0.1) is 0 Å². The Morgan fingerprint density at radius 1 is 0.683 bits per heavy atom. The van der Waals surface area contributed by atoms with Crippen molar-refractivity contribution in [3.63, 3.8) is 0 Å². The summed E-state index contributed by atoms with van der Waals surface area (Å²) in [6.45, 7) is 4.14. The van der Waals surface area contributed by atoms with Crippen LogP contribution in [0.1, 0.15) is 26.3 Å². The van der Waals surface area contributed by atoms with E-state index in [0.717, 1.165) is 12.1 Å². The first kappa shape index (κ1) is 45.7. The molecule has 0 aliphatic carbocycles. The van der Waals surface area contributed by atoms with E-state index in [1.165, 1.54) is 67.6 Å². The van der Waals surface area contributed by atoms with Crippen LogP contribution in [0.15, 0.2) is 76.0 Å². The summed E-state index contributed by atoms with van der Waals surface area (Å²) >= 11 is 0. The zero-order valence-corrected chi connectivity index (χ0v) is 33.9. The van der Waals surface area contributed by atoms with Gasteiger partial charge in [-0.25, -0.2) is 4.79 Å². The Morgan fingerprint density at radius 2 is 1.30 bits per heavy atom. The SMILES string of the molecule is C[C@@H]1[C@@H](O)[C@@H](O)[C@H](OC[C@H]2O[C@@H](Oc3c(-c4ccc(O)cc4)oc4cc(O[C@@H]5O[C@@H](C)[C@H](O)[C@@H](O)[C@H]5O)cc(O)c4c3=O)[C@H](O)[C@@H](OC(=O)C=Cc3ccc(O)cc3)[C@H]2O)O[C@H]1C. The number of carbonyl (C=O) groups is 1. The number of phenolic OH excluding ortho intramolecular Hbond substituents is 3. The fourth-order valence-electron chi connectivity index (χ4n) is 7.29. The first-order chi connectivity index (χ1) is 29.9. The lowest BCUT2D eigenvalue weighted by molar-refractivity contribution is -0.313. The second-order valence-corrected chi connectivity index (χ2v) is 15.6. The zero-order chi connectivity index (χ0) is 45.4. The summed E-state index contributed by atoms with van der Waals surface area (Å²) in [5.74, 6) is -3.65. The van der Waals surface area contributed by atoms with E-state index in [1.54, 1.807) is 13.8 Å². The fourth-order valence-corrected chi connectivity index (χ4v) is 7.29. The summed E-state index contributed by atoms with van der Waals surface area (Å²) in [6.07, 6.45) is -19.0. The predicted octanol–water partition coefficient (Wildman–Crippen LogP) is 0.353. The van der Waals surface area contributed by atoms with E-state index in [9.17, 15) is 60.7 Å². The molecule has 1 aromatic heterocycles. The quantitative estimate of drug-likeness (QED) is 0.0718. The molecule has 63 heavy (non-hydrogen) atoms. The van der Waals surface area contributed by atoms with E-state index in [4.69, 9.17) is 37.6 Å². The van der Waals surface area contributed by atoms with Gasteiger partial charge in [-0.3, -0.25) is 4.79 Å². The monoisotopic (exact) mass is 884 g/mol. The minimum Gasteiger partial charge on any atom is -0.508 e. The van der Waals surface area contributed by atoms with Gasteiger partial charge in [0.15, 0.2) is 24.3 Å². The molecule has 0 saturated carbocycles. The number of phenols is 3. The summed E-state index contributed by atoms with van der Waals surface area (Å²) in [4.78, 5) is 27.6. The lowest BCUT2D eigenvalue weighted by Gasteiger charge is -2.43. The highest BCUT2D eigenvalue weighted by Crippen LogP contribution is 2.39. The number of esters is 1. The lowest BCUT2D eigenvalue weighted by Crippen LogP contribution is -2.62. The minimum atomic E-state index is -2.05. The van der Waals surface area contributed by atoms with Gasteiger partial charge in [-0.1, -0.05) is 19.1 Å². The standard InChI is InChI=1S/C43H48O20/c1-17-18(2)57-41(35(53)30(17)48)56-16-27-32(50)39(62-28(47)13-6-20-4-9-22(44)10-5-20)37(55)43(61-27)63-40-33(51)29-25(46)14-24(59-42-36(54)34(52)31(49)19(3)58-42)15-26(29)60-38(40)21-7-11-23(45)12-8-21/h4-15,17-19,27,30-32,34-37,39,41-46,48-50,52-55H,16H2,1-3H3/t17-,18-,19-,27+,30+,31-,32-,34+,35+,36+,37+,39-,41+,42-,43-/m0/s1. The van der Waals surface area contributed by atoms with Gasteiger partial charge < -0.3 is 88.6 Å². The number of hydrogen-bond donors (Lipinski definition) is 10. The normalized spacial score (nSPS) is 33.6. The molecule has 3 fully saturated rings. The number of rotatable bonds is 11. The number of benzene rings is 3. The molecule has 0 bridgehead atoms. The van der Waals surface area contributed by atoms with Crippen molar-refractivity contribution in [3.05, 3.63) is 82.5 Å². The number of aliphatic hydroxyl groups is 7. The van der Waals surface area contributed by atoms with Crippen molar-refractivity contribution in [1.29, 1.82) is 0 Å². The summed E-state index contributed by atoms with van der Waals surface area (Å²) in [5, 5.41) is 106. The molecule has 0 unspecified atom stereocenters. The van der Waals surface area contributed by atoms with Crippen molar-refractivity contribution in [2.75, 3.05) is 6.61 Å². The van der Waals surface area contributed by atoms with Crippen LogP contribution in [-0.4, -0.2) is 150 Å². The second kappa shape index (κ2) is 18.8. The topological polar surface area (TPSA) is 314 Å². The van der Waals surface area contributed by atoms with E-state index in [2.05, 4.69) is 0 Å². The Labute approximate surface area is 357 Å². The highest BCUT2D eigenvalue weighted by Gasteiger charge is 2.50. The van der Waals surface area contributed by atoms with E-state index in [-0.39, 0.29) is 34.2 Å². The molecular formula is C43H48O20. The van der Waals surface area contributed by atoms with Crippen LogP contribution in [0.4, 0.5) is 0 Å².